The molecule has 0 saturated carbocycles. The Labute approximate surface area is 170 Å². The van der Waals surface area contributed by atoms with E-state index < -0.39 is 5.60 Å². The van der Waals surface area contributed by atoms with Gasteiger partial charge in [0, 0.05) is 5.56 Å². The normalized spacial score (nSPS) is 18.3. The highest BCUT2D eigenvalue weighted by atomic mass is 16.5. The van der Waals surface area contributed by atoms with Gasteiger partial charge in [-0.05, 0) is 27.8 Å². The highest BCUT2D eigenvalue weighted by Gasteiger charge is 2.46. The molecule has 4 aromatic carbocycles. The molecule has 2 heteroatoms. The number of hydrogen-bond acceptors (Lipinski definition) is 2. The molecule has 0 fully saturated rings. The van der Waals surface area contributed by atoms with Gasteiger partial charge in [0.2, 0.25) is 5.78 Å². The fourth-order valence-corrected chi connectivity index (χ4v) is 4.11. The summed E-state index contributed by atoms with van der Waals surface area (Å²) in [5.74, 6) is -0.0157. The van der Waals surface area contributed by atoms with Gasteiger partial charge in [0.05, 0.1) is 6.61 Å². The number of carbonyl (C=O) groups is 1. The molecule has 0 N–H and O–H groups in total. The van der Waals surface area contributed by atoms with Crippen LogP contribution in [0.5, 0.6) is 0 Å². The predicted octanol–water partition coefficient (Wildman–Crippen LogP) is 6.01. The zero-order valence-electron chi connectivity index (χ0n) is 15.9. The average Bonchev–Trinajstić information content (AvgIpc) is 2.81. The fourth-order valence-electron chi connectivity index (χ4n) is 4.11. The largest absolute Gasteiger partial charge is 0.353 e. The first-order valence-corrected chi connectivity index (χ1v) is 9.77. The minimum Gasteiger partial charge on any atom is -0.353 e. The van der Waals surface area contributed by atoms with Gasteiger partial charge in [-0.25, -0.2) is 0 Å². The number of Topliss-reactive ketones (excluding diaryl/α,β-unsaturated/α-hetero) is 1. The maximum Gasteiger partial charge on any atom is 0.204 e. The molecule has 0 radical (unpaired) electrons. The van der Waals surface area contributed by atoms with E-state index in [0.717, 1.165) is 33.4 Å². The van der Waals surface area contributed by atoms with Gasteiger partial charge in [0.15, 0.2) is 5.60 Å². The van der Waals surface area contributed by atoms with Crippen molar-refractivity contribution in [3.63, 3.8) is 0 Å². The van der Waals surface area contributed by atoms with Gasteiger partial charge in [-0.1, -0.05) is 109 Å². The maximum atomic E-state index is 13.8. The third-order valence-electron chi connectivity index (χ3n) is 5.60. The second-order valence-corrected chi connectivity index (χ2v) is 7.27. The first-order chi connectivity index (χ1) is 14.3. The number of fused-ring (bicyclic) bond motifs is 1. The van der Waals surface area contributed by atoms with E-state index in [1.54, 1.807) is 0 Å². The molecular weight excluding hydrogens is 356 g/mol. The van der Waals surface area contributed by atoms with E-state index in [0.29, 0.717) is 6.61 Å². The van der Waals surface area contributed by atoms with Gasteiger partial charge in [-0.15, -0.1) is 0 Å². The molecule has 1 atom stereocenters. The molecule has 0 aromatic heterocycles. The summed E-state index contributed by atoms with van der Waals surface area (Å²) < 4.78 is 6.37. The van der Waals surface area contributed by atoms with Crippen molar-refractivity contribution < 1.29 is 9.53 Å². The van der Waals surface area contributed by atoms with E-state index in [1.807, 2.05) is 84.9 Å². The van der Waals surface area contributed by atoms with Crippen molar-refractivity contribution in [3.8, 4) is 11.1 Å². The maximum absolute atomic E-state index is 13.8. The summed E-state index contributed by atoms with van der Waals surface area (Å²) in [7, 11) is 0. The van der Waals surface area contributed by atoms with E-state index in [-0.39, 0.29) is 5.78 Å². The number of carbonyl (C=O) groups excluding carboxylic acids is 1. The molecule has 0 saturated heterocycles. The van der Waals surface area contributed by atoms with Crippen LogP contribution in [-0.2, 0) is 16.9 Å². The number of ketones is 1. The van der Waals surface area contributed by atoms with Gasteiger partial charge in [0.25, 0.3) is 0 Å². The number of benzene rings is 4. The monoisotopic (exact) mass is 376 g/mol. The van der Waals surface area contributed by atoms with E-state index in [9.17, 15) is 4.79 Å². The summed E-state index contributed by atoms with van der Waals surface area (Å²) in [5.41, 5.74) is 4.50. The van der Waals surface area contributed by atoms with E-state index in [1.165, 1.54) is 0 Å². The smallest absolute Gasteiger partial charge is 0.204 e. The lowest BCUT2D eigenvalue weighted by atomic mass is 9.77. The Kier molecular flexibility index (Phi) is 4.34. The van der Waals surface area contributed by atoms with Crippen LogP contribution in [0.4, 0.5) is 0 Å². The molecule has 0 aliphatic carbocycles. The number of rotatable bonds is 3. The predicted molar refractivity (Wildman–Crippen MR) is 115 cm³/mol. The van der Waals surface area contributed by atoms with Crippen molar-refractivity contribution in [2.45, 2.75) is 12.2 Å². The molecule has 0 amide bonds. The Hall–Kier alpha value is -3.49. The standard InChI is InChI=1S/C27H20O2/c28-26-25-14-8-7-11-22(25)19-29-27(26,23-12-5-2-6-13-23)24-17-15-21(16-18-24)20-9-3-1-4-10-20/h1-18H,19H2. The summed E-state index contributed by atoms with van der Waals surface area (Å²) in [6.45, 7) is 0.400. The lowest BCUT2D eigenvalue weighted by Gasteiger charge is -2.37. The van der Waals surface area contributed by atoms with E-state index in [2.05, 4.69) is 24.3 Å². The lowest BCUT2D eigenvalue weighted by molar-refractivity contribution is -0.0221. The lowest BCUT2D eigenvalue weighted by Crippen LogP contribution is -2.43. The zero-order valence-corrected chi connectivity index (χ0v) is 15.9. The van der Waals surface area contributed by atoms with Crippen LogP contribution in [0.2, 0.25) is 0 Å². The molecule has 140 valence electrons. The molecule has 0 bridgehead atoms. The molecule has 1 aliphatic heterocycles. The summed E-state index contributed by atoms with van der Waals surface area (Å²) in [6, 6.07) is 35.9. The highest BCUT2D eigenvalue weighted by molar-refractivity contribution is 6.07. The van der Waals surface area contributed by atoms with Crippen LogP contribution in [0.15, 0.2) is 109 Å². The minimum absolute atomic E-state index is 0.0157. The molecule has 29 heavy (non-hydrogen) atoms. The SMILES string of the molecule is O=C1c2ccccc2COC1(c1ccccc1)c1ccc(-c2ccccc2)cc1. The van der Waals surface area contributed by atoms with Gasteiger partial charge < -0.3 is 4.74 Å². The molecule has 1 unspecified atom stereocenters. The van der Waals surface area contributed by atoms with E-state index >= 15 is 0 Å². The molecule has 1 heterocycles. The third-order valence-corrected chi connectivity index (χ3v) is 5.60. The third kappa shape index (κ3) is 2.89. The summed E-state index contributed by atoms with van der Waals surface area (Å²) >= 11 is 0. The van der Waals surface area contributed by atoms with Gasteiger partial charge in [-0.3, -0.25) is 4.79 Å². The van der Waals surface area contributed by atoms with Gasteiger partial charge >= 0.3 is 0 Å². The van der Waals surface area contributed by atoms with E-state index in [4.69, 9.17) is 4.74 Å². The molecule has 2 nitrogen and oxygen atoms in total. The second kappa shape index (κ2) is 7.16. The van der Waals surface area contributed by atoms with Crippen LogP contribution in [0.3, 0.4) is 0 Å². The number of hydrogen-bond donors (Lipinski definition) is 0. The summed E-state index contributed by atoms with van der Waals surface area (Å²) in [4.78, 5) is 13.8. The van der Waals surface area contributed by atoms with Crippen LogP contribution in [0.25, 0.3) is 11.1 Å². The van der Waals surface area contributed by atoms with Gasteiger partial charge in [-0.2, -0.15) is 0 Å². The average molecular weight is 376 g/mol. The van der Waals surface area contributed by atoms with Crippen LogP contribution in [-0.4, -0.2) is 5.78 Å². The van der Waals surface area contributed by atoms with Crippen molar-refractivity contribution in [2.75, 3.05) is 0 Å². The topological polar surface area (TPSA) is 26.3 Å². The molecule has 5 rings (SSSR count). The van der Waals surface area contributed by atoms with Crippen LogP contribution >= 0.6 is 0 Å². The van der Waals surface area contributed by atoms with Crippen molar-refractivity contribution in [1.29, 1.82) is 0 Å². The summed E-state index contributed by atoms with van der Waals surface area (Å²) in [5, 5.41) is 0. The van der Waals surface area contributed by atoms with Crippen molar-refractivity contribution in [3.05, 3.63) is 131 Å². The zero-order chi connectivity index (χ0) is 19.7. The number of ether oxygens (including phenoxy) is 1. The Morgan fingerprint density at radius 2 is 1.14 bits per heavy atom. The van der Waals surface area contributed by atoms with Gasteiger partial charge in [0.1, 0.15) is 0 Å². The Morgan fingerprint density at radius 1 is 0.586 bits per heavy atom. The Balaban J connectivity index is 1.66. The fraction of sp³-hybridized carbons (Fsp3) is 0.0741. The van der Waals surface area contributed by atoms with Crippen LogP contribution < -0.4 is 0 Å². The quantitative estimate of drug-likeness (QED) is 0.438. The summed E-state index contributed by atoms with van der Waals surface area (Å²) in [6.07, 6.45) is 0. The molecule has 0 spiro atoms. The second-order valence-electron chi connectivity index (χ2n) is 7.27. The first-order valence-electron chi connectivity index (χ1n) is 9.77. The van der Waals surface area contributed by atoms with Crippen LogP contribution in [0.1, 0.15) is 27.0 Å². The first kappa shape index (κ1) is 17.6. The highest BCUT2D eigenvalue weighted by Crippen LogP contribution is 2.42. The van der Waals surface area contributed by atoms with Crippen LogP contribution in [0, 0.1) is 0 Å². The molecular formula is C27H20O2. The van der Waals surface area contributed by atoms with Crippen molar-refractivity contribution in [2.24, 2.45) is 0 Å². The van der Waals surface area contributed by atoms with Crippen molar-refractivity contribution in [1.82, 2.24) is 0 Å². The molecule has 4 aromatic rings. The minimum atomic E-state index is -1.13. The Bertz CT molecular complexity index is 1150. The van der Waals surface area contributed by atoms with Crippen molar-refractivity contribution >= 4 is 5.78 Å². The molecule has 1 aliphatic rings. The Morgan fingerprint density at radius 3 is 1.86 bits per heavy atom.